The molecule has 1 aromatic carbocycles. The molecule has 0 aliphatic heterocycles. The zero-order valence-corrected chi connectivity index (χ0v) is 13.9. The Balaban J connectivity index is 2.00. The Bertz CT molecular complexity index is 663. The first kappa shape index (κ1) is 16.7. The van der Waals surface area contributed by atoms with Crippen LogP contribution in [0.15, 0.2) is 36.5 Å². The molecule has 0 atom stereocenters. The summed E-state index contributed by atoms with van der Waals surface area (Å²) in [6.45, 7) is 6.34. The van der Waals surface area contributed by atoms with Crippen molar-refractivity contribution >= 4 is 11.9 Å². The number of nitrogens with zero attached hydrogens (tertiary/aromatic N) is 2. The molecule has 0 radical (unpaired) electrons. The maximum Gasteiger partial charge on any atom is 0.270 e. The van der Waals surface area contributed by atoms with E-state index < -0.39 is 0 Å². The van der Waals surface area contributed by atoms with Gasteiger partial charge in [-0.3, -0.25) is 4.79 Å². The summed E-state index contributed by atoms with van der Waals surface area (Å²) in [5.74, 6) is 1.01. The minimum absolute atomic E-state index is 0.215. The van der Waals surface area contributed by atoms with Crippen LogP contribution in [0.3, 0.4) is 0 Å². The van der Waals surface area contributed by atoms with E-state index in [9.17, 15) is 4.79 Å². The quantitative estimate of drug-likeness (QED) is 0.887. The third-order valence-corrected chi connectivity index (χ3v) is 2.99. The van der Waals surface area contributed by atoms with Crippen LogP contribution in [0.5, 0.6) is 5.75 Å². The molecular formula is C17H22N4O2. The van der Waals surface area contributed by atoms with E-state index in [4.69, 9.17) is 4.74 Å². The Hall–Kier alpha value is -2.63. The Morgan fingerprint density at radius 3 is 2.48 bits per heavy atom. The second kappa shape index (κ2) is 7.09. The molecule has 6 heteroatoms. The molecule has 1 amide bonds. The van der Waals surface area contributed by atoms with Crippen molar-refractivity contribution in [1.82, 2.24) is 15.3 Å². The molecule has 0 fully saturated rings. The smallest absolute Gasteiger partial charge is 0.270 e. The highest BCUT2D eigenvalue weighted by molar-refractivity contribution is 5.92. The highest BCUT2D eigenvalue weighted by Crippen LogP contribution is 2.12. The van der Waals surface area contributed by atoms with Crippen molar-refractivity contribution in [2.45, 2.75) is 32.9 Å². The van der Waals surface area contributed by atoms with Gasteiger partial charge >= 0.3 is 0 Å². The summed E-state index contributed by atoms with van der Waals surface area (Å²) in [5, 5.41) is 5.99. The van der Waals surface area contributed by atoms with Crippen molar-refractivity contribution < 1.29 is 9.53 Å². The van der Waals surface area contributed by atoms with Crippen molar-refractivity contribution in [3.05, 3.63) is 47.8 Å². The highest BCUT2D eigenvalue weighted by atomic mass is 16.5. The van der Waals surface area contributed by atoms with E-state index in [2.05, 4.69) is 20.6 Å². The number of ether oxygens (including phenoxy) is 1. The fourth-order valence-electron chi connectivity index (χ4n) is 1.90. The molecule has 1 heterocycles. The average Bonchev–Trinajstić information content (AvgIpc) is 2.52. The number of hydrogen-bond acceptors (Lipinski definition) is 5. The molecule has 2 rings (SSSR count). The second-order valence-electron chi connectivity index (χ2n) is 6.17. The van der Waals surface area contributed by atoms with E-state index in [1.807, 2.05) is 45.0 Å². The lowest BCUT2D eigenvalue weighted by molar-refractivity contribution is 0.0914. The van der Waals surface area contributed by atoms with E-state index in [-0.39, 0.29) is 11.4 Å². The van der Waals surface area contributed by atoms with Crippen LogP contribution in [0.25, 0.3) is 0 Å². The Labute approximate surface area is 136 Å². The van der Waals surface area contributed by atoms with Gasteiger partial charge in [-0.05, 0) is 44.5 Å². The summed E-state index contributed by atoms with van der Waals surface area (Å²) < 4.78 is 5.12. The molecule has 1 aromatic heterocycles. The fraction of sp³-hybridized carbons (Fsp3) is 0.353. The molecule has 2 N–H and O–H groups in total. The molecule has 0 spiro atoms. The molecule has 23 heavy (non-hydrogen) atoms. The number of carbonyl (C=O) groups excluding carboxylic acids is 1. The Kier molecular flexibility index (Phi) is 5.16. The van der Waals surface area contributed by atoms with E-state index >= 15 is 0 Å². The van der Waals surface area contributed by atoms with Gasteiger partial charge in [0, 0.05) is 18.3 Å². The SMILES string of the molecule is COc1ccc(CNc2nccc(C(=O)NC(C)(C)C)n2)cc1. The van der Waals surface area contributed by atoms with Crippen LogP contribution >= 0.6 is 0 Å². The number of benzene rings is 1. The summed E-state index contributed by atoms with van der Waals surface area (Å²) in [6.07, 6.45) is 1.57. The molecule has 0 aliphatic carbocycles. The van der Waals surface area contributed by atoms with Gasteiger partial charge in [-0.2, -0.15) is 0 Å². The van der Waals surface area contributed by atoms with Crippen LogP contribution in [-0.4, -0.2) is 28.5 Å². The number of anilines is 1. The maximum atomic E-state index is 12.1. The monoisotopic (exact) mass is 314 g/mol. The topological polar surface area (TPSA) is 76.1 Å². The maximum absolute atomic E-state index is 12.1. The van der Waals surface area contributed by atoms with Crippen LogP contribution in [0.2, 0.25) is 0 Å². The first-order chi connectivity index (χ1) is 10.9. The van der Waals surface area contributed by atoms with Gasteiger partial charge in [0.15, 0.2) is 0 Å². The number of methoxy groups -OCH3 is 1. The van der Waals surface area contributed by atoms with Gasteiger partial charge in [-0.25, -0.2) is 9.97 Å². The summed E-state index contributed by atoms with van der Waals surface area (Å²) in [6, 6.07) is 9.31. The minimum atomic E-state index is -0.307. The van der Waals surface area contributed by atoms with Crippen LogP contribution in [0.4, 0.5) is 5.95 Å². The largest absolute Gasteiger partial charge is 0.497 e. The van der Waals surface area contributed by atoms with Gasteiger partial charge in [0.05, 0.1) is 7.11 Å². The van der Waals surface area contributed by atoms with Crippen molar-refractivity contribution in [3.8, 4) is 5.75 Å². The first-order valence-electron chi connectivity index (χ1n) is 7.40. The molecule has 6 nitrogen and oxygen atoms in total. The number of carbonyl (C=O) groups is 1. The van der Waals surface area contributed by atoms with Gasteiger partial charge in [0.1, 0.15) is 11.4 Å². The van der Waals surface area contributed by atoms with E-state index in [0.29, 0.717) is 18.2 Å². The zero-order valence-electron chi connectivity index (χ0n) is 13.9. The Morgan fingerprint density at radius 2 is 1.87 bits per heavy atom. The number of hydrogen-bond donors (Lipinski definition) is 2. The predicted molar refractivity (Wildman–Crippen MR) is 89.6 cm³/mol. The average molecular weight is 314 g/mol. The van der Waals surface area contributed by atoms with Gasteiger partial charge in [-0.15, -0.1) is 0 Å². The summed E-state index contributed by atoms with van der Waals surface area (Å²) in [7, 11) is 1.63. The lowest BCUT2D eigenvalue weighted by atomic mass is 10.1. The van der Waals surface area contributed by atoms with Gasteiger partial charge in [0.25, 0.3) is 5.91 Å². The normalized spacial score (nSPS) is 11.0. The summed E-state index contributed by atoms with van der Waals surface area (Å²) >= 11 is 0. The molecule has 0 saturated heterocycles. The van der Waals surface area contributed by atoms with Gasteiger partial charge < -0.3 is 15.4 Å². The summed E-state index contributed by atoms with van der Waals surface area (Å²) in [5.41, 5.74) is 1.10. The molecular weight excluding hydrogens is 292 g/mol. The van der Waals surface area contributed by atoms with Crippen LogP contribution < -0.4 is 15.4 Å². The lowest BCUT2D eigenvalue weighted by Gasteiger charge is -2.20. The zero-order chi connectivity index (χ0) is 16.9. The first-order valence-corrected chi connectivity index (χ1v) is 7.40. The van der Waals surface area contributed by atoms with E-state index in [1.54, 1.807) is 19.4 Å². The van der Waals surface area contributed by atoms with Gasteiger partial charge in [0.2, 0.25) is 5.95 Å². The van der Waals surface area contributed by atoms with Crippen LogP contribution in [0.1, 0.15) is 36.8 Å². The fourth-order valence-corrected chi connectivity index (χ4v) is 1.90. The van der Waals surface area contributed by atoms with E-state index in [1.165, 1.54) is 0 Å². The van der Waals surface area contributed by atoms with Gasteiger partial charge in [-0.1, -0.05) is 12.1 Å². The molecule has 0 aliphatic rings. The molecule has 2 aromatic rings. The highest BCUT2D eigenvalue weighted by Gasteiger charge is 2.16. The standard InChI is InChI=1S/C17H22N4O2/c1-17(2,3)21-15(22)14-9-10-18-16(20-14)19-11-12-5-7-13(23-4)8-6-12/h5-10H,11H2,1-4H3,(H,21,22)(H,18,19,20). The minimum Gasteiger partial charge on any atom is -0.497 e. The second-order valence-corrected chi connectivity index (χ2v) is 6.17. The molecule has 122 valence electrons. The number of aromatic nitrogens is 2. The summed E-state index contributed by atoms with van der Waals surface area (Å²) in [4.78, 5) is 20.5. The van der Waals surface area contributed by atoms with Crippen molar-refractivity contribution in [2.24, 2.45) is 0 Å². The third kappa shape index (κ3) is 5.25. The number of nitrogens with one attached hydrogen (secondary N) is 2. The molecule has 0 bridgehead atoms. The lowest BCUT2D eigenvalue weighted by Crippen LogP contribution is -2.41. The molecule has 0 saturated carbocycles. The van der Waals surface area contributed by atoms with Crippen LogP contribution in [-0.2, 0) is 6.54 Å². The molecule has 0 unspecified atom stereocenters. The Morgan fingerprint density at radius 1 is 1.17 bits per heavy atom. The number of rotatable bonds is 5. The van der Waals surface area contributed by atoms with Crippen molar-refractivity contribution in [3.63, 3.8) is 0 Å². The van der Waals surface area contributed by atoms with Crippen molar-refractivity contribution in [2.75, 3.05) is 12.4 Å². The van der Waals surface area contributed by atoms with Crippen LogP contribution in [0, 0.1) is 0 Å². The predicted octanol–water partition coefficient (Wildman–Crippen LogP) is 2.63. The third-order valence-electron chi connectivity index (χ3n) is 2.99. The van der Waals surface area contributed by atoms with Crippen molar-refractivity contribution in [1.29, 1.82) is 0 Å². The van der Waals surface area contributed by atoms with E-state index in [0.717, 1.165) is 11.3 Å². The number of amides is 1.